The zero-order valence-electron chi connectivity index (χ0n) is 26.8. The maximum absolute atomic E-state index is 6.72. The molecule has 4 aromatic rings. The molecule has 2 aliphatic carbocycles. The molecule has 1 aromatic heterocycles. The number of ether oxygens (including phenoxy) is 1. The Balaban J connectivity index is 0.000000156. The second-order valence-electron chi connectivity index (χ2n) is 13.5. The molecule has 0 amide bonds. The first kappa shape index (κ1) is 30.7. The van der Waals surface area contributed by atoms with Crippen molar-refractivity contribution in [2.45, 2.75) is 59.1 Å². The van der Waals surface area contributed by atoms with E-state index >= 15 is 0 Å². The highest BCUT2D eigenvalue weighted by Gasteiger charge is 2.69. The third-order valence-electron chi connectivity index (χ3n) is 10.8. The number of aliphatic imine (C=N–C) groups is 1. The van der Waals surface area contributed by atoms with Crippen LogP contribution < -0.4 is 0 Å². The molecule has 0 spiro atoms. The maximum Gasteiger partial charge on any atom is 0.159 e. The molecule has 2 fully saturated rings. The van der Waals surface area contributed by atoms with Gasteiger partial charge in [0.25, 0.3) is 0 Å². The van der Waals surface area contributed by atoms with Gasteiger partial charge in [-0.2, -0.15) is 0 Å². The highest BCUT2D eigenvalue weighted by Crippen LogP contribution is 2.73. The van der Waals surface area contributed by atoms with Crippen LogP contribution in [0.5, 0.6) is 0 Å². The number of likely N-dealkylation sites (N-methyl/N-ethyl adjacent to an activating group) is 1. The fourth-order valence-electron chi connectivity index (χ4n) is 7.89. The highest BCUT2D eigenvalue weighted by molar-refractivity contribution is 6.31. The lowest BCUT2D eigenvalue weighted by Crippen LogP contribution is -2.47. The predicted molar refractivity (Wildman–Crippen MR) is 179 cm³/mol. The van der Waals surface area contributed by atoms with Gasteiger partial charge in [0.15, 0.2) is 5.82 Å². The lowest BCUT2D eigenvalue weighted by Gasteiger charge is -2.49. The maximum atomic E-state index is 6.72. The third kappa shape index (κ3) is 5.11. The van der Waals surface area contributed by atoms with Crippen molar-refractivity contribution >= 4 is 17.3 Å². The SMILES string of the molecule is CN(C)CCO[C@]1(c2ccccc2)CC2CCC1(C)C2(C)C.Cc1nnc2n1-c1ccc(Cl)cc1C(c1ccccc1)=NC2. The number of fused-ring (bicyclic) bond motifs is 5. The topological polar surface area (TPSA) is 55.5 Å². The first-order chi connectivity index (χ1) is 21.1. The summed E-state index contributed by atoms with van der Waals surface area (Å²) in [6, 6.07) is 27.0. The molecule has 7 heteroatoms. The minimum Gasteiger partial charge on any atom is -0.368 e. The van der Waals surface area contributed by atoms with Crippen molar-refractivity contribution in [3.8, 4) is 5.69 Å². The van der Waals surface area contributed by atoms with E-state index in [1.54, 1.807) is 0 Å². The lowest BCUT2D eigenvalue weighted by atomic mass is 9.62. The van der Waals surface area contributed by atoms with Gasteiger partial charge in [0, 0.05) is 28.1 Å². The van der Waals surface area contributed by atoms with Crippen LogP contribution in [-0.2, 0) is 16.9 Å². The highest BCUT2D eigenvalue weighted by atomic mass is 35.5. The van der Waals surface area contributed by atoms with Crippen LogP contribution >= 0.6 is 11.6 Å². The van der Waals surface area contributed by atoms with E-state index in [9.17, 15) is 0 Å². The first-order valence-corrected chi connectivity index (χ1v) is 16.1. The van der Waals surface area contributed by atoms with E-state index < -0.39 is 0 Å². The minimum atomic E-state index is -0.114. The van der Waals surface area contributed by atoms with Crippen LogP contribution in [0, 0.1) is 23.7 Å². The smallest absolute Gasteiger partial charge is 0.159 e. The molecule has 3 atom stereocenters. The van der Waals surface area contributed by atoms with Crippen molar-refractivity contribution in [2.75, 3.05) is 27.2 Å². The number of aryl methyl sites for hydroxylation is 1. The van der Waals surface area contributed by atoms with Crippen LogP contribution in [0.15, 0.2) is 83.9 Å². The number of halogens is 1. The Hall–Kier alpha value is -3.32. The third-order valence-corrected chi connectivity index (χ3v) is 11.0. The molecular formula is C37H44ClN5O. The summed E-state index contributed by atoms with van der Waals surface area (Å²) in [7, 11) is 4.23. The summed E-state index contributed by atoms with van der Waals surface area (Å²) < 4.78 is 8.77. The average Bonchev–Trinajstić information content (AvgIpc) is 3.49. The van der Waals surface area contributed by atoms with Gasteiger partial charge in [-0.3, -0.25) is 9.56 Å². The minimum absolute atomic E-state index is 0.114. The van der Waals surface area contributed by atoms with Gasteiger partial charge in [-0.1, -0.05) is 93.0 Å². The Kier molecular flexibility index (Phi) is 8.29. The predicted octanol–water partition coefficient (Wildman–Crippen LogP) is 7.89. The van der Waals surface area contributed by atoms with E-state index in [0.717, 1.165) is 53.2 Å². The number of nitrogens with zero attached hydrogens (tertiary/aromatic N) is 5. The van der Waals surface area contributed by atoms with Crippen molar-refractivity contribution in [1.82, 2.24) is 19.7 Å². The molecule has 2 bridgehead atoms. The summed E-state index contributed by atoms with van der Waals surface area (Å²) in [4.78, 5) is 6.97. The summed E-state index contributed by atoms with van der Waals surface area (Å²) in [5.41, 5.74) is 5.86. The lowest BCUT2D eigenvalue weighted by molar-refractivity contribution is -0.148. The van der Waals surface area contributed by atoms with Gasteiger partial charge in [0.1, 0.15) is 12.4 Å². The average molecular weight is 610 g/mol. The monoisotopic (exact) mass is 609 g/mol. The van der Waals surface area contributed by atoms with Gasteiger partial charge in [0.2, 0.25) is 0 Å². The Morgan fingerprint density at radius 1 is 0.955 bits per heavy atom. The van der Waals surface area contributed by atoms with Gasteiger partial charge in [-0.15, -0.1) is 10.2 Å². The van der Waals surface area contributed by atoms with Gasteiger partial charge >= 0.3 is 0 Å². The van der Waals surface area contributed by atoms with Crippen molar-refractivity contribution < 1.29 is 4.74 Å². The van der Waals surface area contributed by atoms with Crippen LogP contribution in [0.1, 0.15) is 68.4 Å². The van der Waals surface area contributed by atoms with Crippen LogP contribution in [-0.4, -0.2) is 52.6 Å². The number of hydrogen-bond acceptors (Lipinski definition) is 5. The molecule has 3 aromatic carbocycles. The van der Waals surface area contributed by atoms with Gasteiger partial charge in [-0.05, 0) is 75.4 Å². The number of rotatable bonds is 6. The summed E-state index contributed by atoms with van der Waals surface area (Å²) in [5.74, 6) is 2.46. The van der Waals surface area contributed by atoms with Gasteiger partial charge < -0.3 is 9.64 Å². The molecular weight excluding hydrogens is 566 g/mol. The van der Waals surface area contributed by atoms with Crippen LogP contribution in [0.3, 0.4) is 0 Å². The fraction of sp³-hybridized carbons (Fsp3) is 0.432. The van der Waals surface area contributed by atoms with Crippen molar-refractivity contribution in [1.29, 1.82) is 0 Å². The zero-order valence-corrected chi connectivity index (χ0v) is 27.6. The molecule has 6 nitrogen and oxygen atoms in total. The number of benzene rings is 3. The van der Waals surface area contributed by atoms with Crippen molar-refractivity contribution in [2.24, 2.45) is 21.7 Å². The van der Waals surface area contributed by atoms with Crippen LogP contribution in [0.4, 0.5) is 0 Å². The molecule has 0 radical (unpaired) electrons. The van der Waals surface area contributed by atoms with E-state index in [4.69, 9.17) is 21.3 Å². The standard InChI is InChI=1S/C20H31NO.C17H13ClN4/c1-18(2)17-11-12-19(18,3)20(15-17,22-14-13-21(4)5)16-9-7-6-8-10-16;1-11-20-21-16-10-19-17(12-5-3-2-4-6-12)14-9-13(18)7-8-15(14)22(11)16/h6-10,17H,11-15H2,1-5H3;2-9H,10H2,1H3/t17?,19?,20-;/m0./s1. The quantitative estimate of drug-likeness (QED) is 0.223. The summed E-state index contributed by atoms with van der Waals surface area (Å²) >= 11 is 6.23. The van der Waals surface area contributed by atoms with Crippen LogP contribution in [0.25, 0.3) is 5.69 Å². The van der Waals surface area contributed by atoms with E-state index in [1.165, 1.54) is 24.8 Å². The fourth-order valence-corrected chi connectivity index (χ4v) is 8.06. The van der Waals surface area contributed by atoms with Crippen molar-refractivity contribution in [3.05, 3.63) is 112 Å². The van der Waals surface area contributed by atoms with Gasteiger partial charge in [-0.25, -0.2) is 0 Å². The molecule has 230 valence electrons. The summed E-state index contributed by atoms with van der Waals surface area (Å²) in [6.07, 6.45) is 3.81. The molecule has 3 aliphatic rings. The normalized spacial score (nSPS) is 24.6. The Morgan fingerprint density at radius 3 is 2.30 bits per heavy atom. The number of aromatic nitrogens is 3. The Labute approximate surface area is 267 Å². The second-order valence-corrected chi connectivity index (χ2v) is 14.0. The van der Waals surface area contributed by atoms with E-state index in [2.05, 4.69) is 92.4 Å². The van der Waals surface area contributed by atoms with E-state index in [-0.39, 0.29) is 11.0 Å². The number of hydrogen-bond donors (Lipinski definition) is 0. The van der Waals surface area contributed by atoms with E-state index in [1.807, 2.05) is 47.9 Å². The summed E-state index contributed by atoms with van der Waals surface area (Å²) in [6.45, 7) is 11.6. The first-order valence-electron chi connectivity index (χ1n) is 15.7. The molecule has 0 N–H and O–H groups in total. The summed E-state index contributed by atoms with van der Waals surface area (Å²) in [5, 5.41) is 9.10. The molecule has 2 saturated carbocycles. The molecule has 1 aliphatic heterocycles. The van der Waals surface area contributed by atoms with Crippen molar-refractivity contribution in [3.63, 3.8) is 0 Å². The zero-order chi connectivity index (χ0) is 31.1. The molecule has 0 saturated heterocycles. The van der Waals surface area contributed by atoms with Crippen LogP contribution in [0.2, 0.25) is 5.02 Å². The van der Waals surface area contributed by atoms with E-state index in [0.29, 0.717) is 17.0 Å². The Morgan fingerprint density at radius 2 is 1.66 bits per heavy atom. The molecule has 44 heavy (non-hydrogen) atoms. The van der Waals surface area contributed by atoms with Gasteiger partial charge in [0.05, 0.1) is 23.6 Å². The largest absolute Gasteiger partial charge is 0.368 e. The molecule has 2 heterocycles. The Bertz CT molecular complexity index is 1650. The molecule has 2 unspecified atom stereocenters. The molecule has 7 rings (SSSR count). The second kappa shape index (κ2) is 11.9.